The maximum atomic E-state index is 12.3. The Morgan fingerprint density at radius 1 is 1.14 bits per heavy atom. The molecule has 1 aromatic heterocycles. The monoisotopic (exact) mass is 516 g/mol. The third-order valence-corrected chi connectivity index (χ3v) is 7.84. The number of carbonyl (C=O) groups is 1. The highest BCUT2D eigenvalue weighted by molar-refractivity contribution is 7.81. The summed E-state index contributed by atoms with van der Waals surface area (Å²) in [6, 6.07) is 12.9. The number of ether oxygens (including phenoxy) is 3. The minimum Gasteiger partial charge on any atom is -0.495 e. The zero-order chi connectivity index (χ0) is 24.9. The minimum absolute atomic E-state index is 0.246. The van der Waals surface area contributed by atoms with Crippen LogP contribution in [-0.2, 0) is 20.7 Å². The molecule has 1 aliphatic rings. The van der Waals surface area contributed by atoms with Crippen LogP contribution in [0.2, 0.25) is 0 Å². The van der Waals surface area contributed by atoms with Crippen LogP contribution >= 0.6 is 11.3 Å². The highest BCUT2D eigenvalue weighted by atomic mass is 32.2. The van der Waals surface area contributed by atoms with Crippen LogP contribution < -0.4 is 9.04 Å². The molecule has 186 valence electrons. The summed E-state index contributed by atoms with van der Waals surface area (Å²) >= 11 is -1.04. The number of rotatable bonds is 8. The first-order valence-corrected chi connectivity index (χ1v) is 13.2. The van der Waals surface area contributed by atoms with E-state index < -0.39 is 17.2 Å². The lowest BCUT2D eigenvalue weighted by Gasteiger charge is -2.28. The van der Waals surface area contributed by atoms with E-state index in [0.29, 0.717) is 23.5 Å². The number of hydrogen-bond donors (Lipinski definition) is 1. The van der Waals surface area contributed by atoms with Gasteiger partial charge in [-0.05, 0) is 48.9 Å². The molecule has 2 aromatic carbocycles. The highest BCUT2D eigenvalue weighted by Crippen LogP contribution is 2.39. The molecule has 35 heavy (non-hydrogen) atoms. The maximum absolute atomic E-state index is 12.3. The van der Waals surface area contributed by atoms with Gasteiger partial charge in [-0.15, -0.1) is 11.3 Å². The molecule has 1 saturated carbocycles. The number of benzene rings is 2. The fourth-order valence-corrected chi connectivity index (χ4v) is 5.86. The fourth-order valence-electron chi connectivity index (χ4n) is 4.43. The van der Waals surface area contributed by atoms with Crippen molar-refractivity contribution in [1.29, 1.82) is 0 Å². The van der Waals surface area contributed by atoms with E-state index in [1.165, 1.54) is 55.7 Å². The summed E-state index contributed by atoms with van der Waals surface area (Å²) in [6.45, 7) is 0. The molecule has 1 fully saturated rings. The SMILES string of the molecule is COC(=O)c1ccc(N(c2csc(-c3ccc(C4CCCC(OC)C4)cc3)n2)S(=O)O)c(OC)c1. The first-order chi connectivity index (χ1) is 16.9. The third kappa shape index (κ3) is 5.56. The number of thiazole rings is 1. The van der Waals surface area contributed by atoms with Crippen molar-refractivity contribution in [2.45, 2.75) is 37.7 Å². The Bertz CT molecular complexity index is 1200. The maximum Gasteiger partial charge on any atom is 0.337 e. The molecule has 0 aliphatic heterocycles. The van der Waals surface area contributed by atoms with Crippen molar-refractivity contribution in [3.8, 4) is 16.3 Å². The predicted molar refractivity (Wildman–Crippen MR) is 137 cm³/mol. The number of hydrogen-bond acceptors (Lipinski definition) is 7. The molecule has 8 nitrogen and oxygen atoms in total. The molecule has 0 radical (unpaired) electrons. The van der Waals surface area contributed by atoms with Gasteiger partial charge < -0.3 is 14.2 Å². The molecule has 0 bridgehead atoms. The molecular weight excluding hydrogens is 488 g/mol. The molecule has 0 amide bonds. The summed E-state index contributed by atoms with van der Waals surface area (Å²) in [5, 5.41) is 2.44. The lowest BCUT2D eigenvalue weighted by molar-refractivity contribution is 0.0600. The summed E-state index contributed by atoms with van der Waals surface area (Å²) in [4.78, 5) is 16.5. The van der Waals surface area contributed by atoms with Crippen molar-refractivity contribution in [2.75, 3.05) is 25.6 Å². The number of nitrogens with zero attached hydrogens (tertiary/aromatic N) is 2. The summed E-state index contributed by atoms with van der Waals surface area (Å²) in [5.74, 6) is 0.504. The van der Waals surface area contributed by atoms with Crippen molar-refractivity contribution in [3.05, 3.63) is 59.0 Å². The van der Waals surface area contributed by atoms with E-state index >= 15 is 0 Å². The zero-order valence-corrected chi connectivity index (χ0v) is 21.4. The average Bonchev–Trinajstić information content (AvgIpc) is 3.38. The third-order valence-electron chi connectivity index (χ3n) is 6.26. The Balaban J connectivity index is 1.59. The Labute approximate surface area is 211 Å². The molecule has 1 heterocycles. The van der Waals surface area contributed by atoms with Gasteiger partial charge in [0.2, 0.25) is 0 Å². The van der Waals surface area contributed by atoms with E-state index in [1.54, 1.807) is 12.5 Å². The average molecular weight is 517 g/mol. The van der Waals surface area contributed by atoms with E-state index in [-0.39, 0.29) is 11.3 Å². The largest absolute Gasteiger partial charge is 0.495 e. The molecule has 0 spiro atoms. The van der Waals surface area contributed by atoms with Gasteiger partial charge in [-0.3, -0.25) is 4.55 Å². The number of carbonyl (C=O) groups excluding carboxylic acids is 1. The second kappa shape index (κ2) is 11.3. The van der Waals surface area contributed by atoms with Crippen LogP contribution in [-0.4, -0.2) is 47.1 Å². The van der Waals surface area contributed by atoms with Crippen molar-refractivity contribution in [2.24, 2.45) is 0 Å². The van der Waals surface area contributed by atoms with Gasteiger partial charge in [-0.1, -0.05) is 30.7 Å². The molecule has 3 unspecified atom stereocenters. The molecule has 3 aromatic rings. The molecule has 0 saturated heterocycles. The number of aromatic nitrogens is 1. The van der Waals surface area contributed by atoms with Crippen LogP contribution in [0, 0.1) is 0 Å². The minimum atomic E-state index is -2.42. The molecular formula is C25H28N2O6S2. The van der Waals surface area contributed by atoms with Crippen molar-refractivity contribution >= 4 is 40.1 Å². The number of anilines is 2. The predicted octanol–water partition coefficient (Wildman–Crippen LogP) is 5.55. The van der Waals surface area contributed by atoms with Gasteiger partial charge in [-0.25, -0.2) is 18.3 Å². The second-order valence-corrected chi connectivity index (χ2v) is 9.94. The van der Waals surface area contributed by atoms with Crippen LogP contribution in [0.5, 0.6) is 5.75 Å². The Morgan fingerprint density at radius 2 is 1.91 bits per heavy atom. The lowest BCUT2D eigenvalue weighted by Crippen LogP contribution is -2.20. The summed E-state index contributed by atoms with van der Waals surface area (Å²) < 4.78 is 39.2. The summed E-state index contributed by atoms with van der Waals surface area (Å²) in [7, 11) is 4.49. The Hall–Kier alpha value is -2.79. The normalized spacial score (nSPS) is 18.6. The molecule has 1 aliphatic carbocycles. The molecule has 10 heteroatoms. The smallest absolute Gasteiger partial charge is 0.337 e. The van der Waals surface area contributed by atoms with E-state index in [0.717, 1.165) is 34.1 Å². The van der Waals surface area contributed by atoms with Gasteiger partial charge in [0, 0.05) is 18.1 Å². The molecule has 3 atom stereocenters. The summed E-state index contributed by atoms with van der Waals surface area (Å²) in [6.07, 6.45) is 4.80. The van der Waals surface area contributed by atoms with Crippen LogP contribution in [0.15, 0.2) is 47.8 Å². The number of esters is 1. The zero-order valence-electron chi connectivity index (χ0n) is 19.8. The highest BCUT2D eigenvalue weighted by Gasteiger charge is 2.25. The second-order valence-electron chi connectivity index (χ2n) is 8.26. The van der Waals surface area contributed by atoms with Crippen LogP contribution in [0.25, 0.3) is 10.6 Å². The Kier molecular flexibility index (Phi) is 8.17. The van der Waals surface area contributed by atoms with Crippen molar-refractivity contribution in [1.82, 2.24) is 4.98 Å². The van der Waals surface area contributed by atoms with Gasteiger partial charge in [0.15, 0.2) is 5.82 Å². The van der Waals surface area contributed by atoms with Crippen LogP contribution in [0.3, 0.4) is 0 Å². The van der Waals surface area contributed by atoms with Gasteiger partial charge in [0.1, 0.15) is 16.4 Å². The van der Waals surface area contributed by atoms with E-state index in [1.807, 2.05) is 12.1 Å². The van der Waals surface area contributed by atoms with Crippen molar-refractivity contribution in [3.63, 3.8) is 0 Å². The topological polar surface area (TPSA) is 98.2 Å². The molecule has 1 N–H and O–H groups in total. The summed E-state index contributed by atoms with van der Waals surface area (Å²) in [5.41, 5.74) is 2.80. The van der Waals surface area contributed by atoms with E-state index in [2.05, 4.69) is 17.1 Å². The standard InChI is InChI=1S/C25H28N2O6S2/c1-31-20-6-4-5-18(13-20)16-7-9-17(10-8-16)24-26-23(15-34-24)27(35(29)30)21-12-11-19(25(28)33-3)14-22(21)32-2/h7-12,14-15,18,20H,4-6,13H2,1-3H3,(H,29,30). The fraction of sp³-hybridized carbons (Fsp3) is 0.360. The van der Waals surface area contributed by atoms with Crippen molar-refractivity contribution < 1.29 is 27.8 Å². The first-order valence-electron chi connectivity index (χ1n) is 11.2. The first kappa shape index (κ1) is 25.3. The van der Waals surface area contributed by atoms with E-state index in [9.17, 15) is 13.6 Å². The van der Waals surface area contributed by atoms with Gasteiger partial charge in [0.25, 0.3) is 11.3 Å². The van der Waals surface area contributed by atoms with Gasteiger partial charge in [0.05, 0.1) is 25.9 Å². The van der Waals surface area contributed by atoms with Crippen LogP contribution in [0.1, 0.15) is 47.5 Å². The van der Waals surface area contributed by atoms with Gasteiger partial charge >= 0.3 is 5.97 Å². The Morgan fingerprint density at radius 3 is 2.57 bits per heavy atom. The van der Waals surface area contributed by atoms with E-state index in [4.69, 9.17) is 14.2 Å². The number of methoxy groups -OCH3 is 3. The lowest BCUT2D eigenvalue weighted by atomic mass is 9.82. The van der Waals surface area contributed by atoms with Crippen LogP contribution in [0.4, 0.5) is 11.5 Å². The quantitative estimate of drug-likeness (QED) is 0.309. The van der Waals surface area contributed by atoms with Gasteiger partial charge in [-0.2, -0.15) is 0 Å². The molecule has 4 rings (SSSR count).